The Morgan fingerprint density at radius 3 is 2.89 bits per heavy atom. The van der Waals surface area contributed by atoms with Crippen molar-refractivity contribution in [1.82, 2.24) is 5.32 Å². The molecule has 0 unspecified atom stereocenters. The maximum atomic E-state index is 11.8. The van der Waals surface area contributed by atoms with Gasteiger partial charge in [-0.05, 0) is 30.7 Å². The summed E-state index contributed by atoms with van der Waals surface area (Å²) in [4.78, 5) is 11.8. The first-order chi connectivity index (χ1) is 9.08. The van der Waals surface area contributed by atoms with Gasteiger partial charge in [0.1, 0.15) is 17.4 Å². The summed E-state index contributed by atoms with van der Waals surface area (Å²) in [6, 6.07) is 6.39. The third-order valence-corrected chi connectivity index (χ3v) is 2.33. The molecule has 5 heteroatoms. The van der Waals surface area contributed by atoms with Gasteiger partial charge in [-0.2, -0.15) is 5.26 Å². The van der Waals surface area contributed by atoms with Crippen LogP contribution in [0.25, 0.3) is 0 Å². The number of hydrogen-bond donors (Lipinski definition) is 3. The van der Waals surface area contributed by atoms with Gasteiger partial charge in [0, 0.05) is 18.4 Å². The number of phenolic OH excluding ortho intramolecular Hbond substituents is 1. The van der Waals surface area contributed by atoms with E-state index in [2.05, 4.69) is 17.2 Å². The molecule has 3 N–H and O–H groups in total. The van der Waals surface area contributed by atoms with E-state index in [0.717, 1.165) is 0 Å². The van der Waals surface area contributed by atoms with Crippen molar-refractivity contribution >= 4 is 11.6 Å². The third-order valence-electron chi connectivity index (χ3n) is 2.33. The first-order valence-corrected chi connectivity index (χ1v) is 5.64. The Morgan fingerprint density at radius 1 is 1.58 bits per heavy atom. The number of hydrogen-bond acceptors (Lipinski definition) is 4. The van der Waals surface area contributed by atoms with Crippen LogP contribution in [0, 0.1) is 18.3 Å². The van der Waals surface area contributed by atoms with Crippen LogP contribution in [0.4, 0.5) is 5.69 Å². The number of phenols is 1. The maximum absolute atomic E-state index is 11.8. The molecule has 0 aliphatic rings. The van der Waals surface area contributed by atoms with Gasteiger partial charge in [0.25, 0.3) is 5.91 Å². The number of rotatable bonds is 5. The molecule has 98 valence electrons. The Labute approximate surface area is 111 Å². The van der Waals surface area contributed by atoms with Crippen LogP contribution in [0.2, 0.25) is 0 Å². The van der Waals surface area contributed by atoms with E-state index in [1.807, 2.05) is 6.07 Å². The summed E-state index contributed by atoms with van der Waals surface area (Å²) >= 11 is 0. The maximum Gasteiger partial charge on any atom is 0.267 e. The second-order valence-electron chi connectivity index (χ2n) is 3.82. The quantitative estimate of drug-likeness (QED) is 0.247. The van der Waals surface area contributed by atoms with Crippen LogP contribution in [0.3, 0.4) is 0 Å². The number of aromatic hydroxyl groups is 1. The minimum atomic E-state index is -0.507. The van der Waals surface area contributed by atoms with E-state index < -0.39 is 5.91 Å². The van der Waals surface area contributed by atoms with Gasteiger partial charge in [0.2, 0.25) is 0 Å². The monoisotopic (exact) mass is 257 g/mol. The van der Waals surface area contributed by atoms with E-state index in [-0.39, 0.29) is 11.3 Å². The molecule has 0 aromatic heterocycles. The number of benzene rings is 1. The number of nitrogens with zero attached hydrogens (tertiary/aromatic N) is 1. The minimum Gasteiger partial charge on any atom is -0.508 e. The Kier molecular flexibility index (Phi) is 5.17. The first kappa shape index (κ1) is 14.3. The molecular weight excluding hydrogens is 242 g/mol. The summed E-state index contributed by atoms with van der Waals surface area (Å²) in [5, 5.41) is 23.6. The first-order valence-electron chi connectivity index (χ1n) is 5.64. The van der Waals surface area contributed by atoms with Crippen molar-refractivity contribution in [2.45, 2.75) is 6.92 Å². The van der Waals surface area contributed by atoms with Gasteiger partial charge in [-0.15, -0.1) is 6.58 Å². The molecule has 0 saturated heterocycles. The average Bonchev–Trinajstić information content (AvgIpc) is 2.38. The van der Waals surface area contributed by atoms with E-state index >= 15 is 0 Å². The molecule has 1 aromatic carbocycles. The van der Waals surface area contributed by atoms with Crippen molar-refractivity contribution in [2.75, 3.05) is 11.9 Å². The van der Waals surface area contributed by atoms with Gasteiger partial charge in [-0.1, -0.05) is 6.08 Å². The Balaban J connectivity index is 2.80. The third kappa shape index (κ3) is 4.21. The molecule has 0 saturated carbocycles. The molecule has 0 spiro atoms. The topological polar surface area (TPSA) is 85.2 Å². The van der Waals surface area contributed by atoms with E-state index in [1.165, 1.54) is 18.3 Å². The van der Waals surface area contributed by atoms with E-state index in [9.17, 15) is 9.90 Å². The van der Waals surface area contributed by atoms with Gasteiger partial charge >= 0.3 is 0 Å². The lowest BCUT2D eigenvalue weighted by molar-refractivity contribution is -0.112. The van der Waals surface area contributed by atoms with Crippen molar-refractivity contribution in [2.24, 2.45) is 0 Å². The van der Waals surface area contributed by atoms with Gasteiger partial charge < -0.3 is 15.7 Å². The van der Waals surface area contributed by atoms with E-state index in [1.54, 1.807) is 19.1 Å². The summed E-state index contributed by atoms with van der Waals surface area (Å²) in [7, 11) is 0. The van der Waals surface area contributed by atoms with Crippen LogP contribution in [0.1, 0.15) is 5.56 Å². The van der Waals surface area contributed by atoms with Crippen LogP contribution in [0.5, 0.6) is 5.75 Å². The lowest BCUT2D eigenvalue weighted by Gasteiger charge is -2.08. The molecule has 0 bridgehead atoms. The van der Waals surface area contributed by atoms with Crippen LogP contribution in [-0.4, -0.2) is 17.6 Å². The normalized spacial score (nSPS) is 10.4. The number of carbonyl (C=O) groups is 1. The second-order valence-corrected chi connectivity index (χ2v) is 3.82. The fourth-order valence-corrected chi connectivity index (χ4v) is 1.37. The highest BCUT2D eigenvalue weighted by Crippen LogP contribution is 2.20. The SMILES string of the molecule is C=CCN/C=C(/C#N)C(=O)Nc1ccc(O)cc1C. The molecular formula is C14H15N3O2. The average molecular weight is 257 g/mol. The zero-order valence-corrected chi connectivity index (χ0v) is 10.6. The van der Waals surface area contributed by atoms with Gasteiger partial charge in [-0.3, -0.25) is 4.79 Å². The highest BCUT2D eigenvalue weighted by molar-refractivity contribution is 6.06. The molecule has 5 nitrogen and oxygen atoms in total. The molecule has 1 amide bonds. The molecule has 19 heavy (non-hydrogen) atoms. The van der Waals surface area contributed by atoms with Crippen molar-refractivity contribution in [1.29, 1.82) is 5.26 Å². The number of aryl methyl sites for hydroxylation is 1. The van der Waals surface area contributed by atoms with Gasteiger partial charge in [-0.25, -0.2) is 0 Å². The molecule has 1 rings (SSSR count). The van der Waals surface area contributed by atoms with Crippen molar-refractivity contribution in [3.8, 4) is 11.8 Å². The van der Waals surface area contributed by atoms with E-state index in [4.69, 9.17) is 5.26 Å². The highest BCUT2D eigenvalue weighted by atomic mass is 16.3. The van der Waals surface area contributed by atoms with E-state index in [0.29, 0.717) is 17.8 Å². The summed E-state index contributed by atoms with van der Waals surface area (Å²) in [6.07, 6.45) is 2.96. The Morgan fingerprint density at radius 2 is 2.32 bits per heavy atom. The van der Waals surface area contributed by atoms with Crippen molar-refractivity contribution < 1.29 is 9.90 Å². The van der Waals surface area contributed by atoms with Gasteiger partial charge in [0.05, 0.1) is 0 Å². The molecule has 0 heterocycles. The number of nitrogens with one attached hydrogen (secondary N) is 2. The lowest BCUT2D eigenvalue weighted by Crippen LogP contribution is -2.17. The smallest absolute Gasteiger partial charge is 0.267 e. The molecule has 0 atom stereocenters. The zero-order valence-electron chi connectivity index (χ0n) is 10.6. The molecule has 1 aromatic rings. The highest BCUT2D eigenvalue weighted by Gasteiger charge is 2.10. The predicted octanol–water partition coefficient (Wildman–Crippen LogP) is 1.82. The van der Waals surface area contributed by atoms with Crippen LogP contribution >= 0.6 is 0 Å². The van der Waals surface area contributed by atoms with Crippen LogP contribution in [0.15, 0.2) is 42.6 Å². The Hall–Kier alpha value is -2.74. The molecule has 0 fully saturated rings. The number of carbonyl (C=O) groups excluding carboxylic acids is 1. The summed E-state index contributed by atoms with van der Waals surface area (Å²) in [6.45, 7) is 5.74. The lowest BCUT2D eigenvalue weighted by atomic mass is 10.2. The minimum absolute atomic E-state index is 0.0330. The van der Waals surface area contributed by atoms with Crippen molar-refractivity contribution in [3.05, 3.63) is 48.2 Å². The number of amides is 1. The zero-order chi connectivity index (χ0) is 14.3. The predicted molar refractivity (Wildman–Crippen MR) is 73.4 cm³/mol. The summed E-state index contributed by atoms with van der Waals surface area (Å²) < 4.78 is 0. The largest absolute Gasteiger partial charge is 0.508 e. The summed E-state index contributed by atoms with van der Waals surface area (Å²) in [5.74, 6) is -0.382. The molecule has 0 aliphatic heterocycles. The second kappa shape index (κ2) is 6.87. The number of nitriles is 1. The molecule has 0 radical (unpaired) electrons. The van der Waals surface area contributed by atoms with Crippen molar-refractivity contribution in [3.63, 3.8) is 0 Å². The molecule has 0 aliphatic carbocycles. The standard InChI is InChI=1S/C14H15N3O2/c1-3-6-16-9-11(8-15)14(19)17-13-5-4-12(18)7-10(13)2/h3-5,7,9,16,18H,1,6H2,2H3,(H,17,19)/b11-9-. The fourth-order valence-electron chi connectivity index (χ4n) is 1.37. The van der Waals surface area contributed by atoms with Crippen LogP contribution < -0.4 is 10.6 Å². The fraction of sp³-hybridized carbons (Fsp3) is 0.143. The Bertz CT molecular complexity index is 556. The van der Waals surface area contributed by atoms with Crippen LogP contribution in [-0.2, 0) is 4.79 Å². The number of anilines is 1. The van der Waals surface area contributed by atoms with Gasteiger partial charge in [0.15, 0.2) is 0 Å². The summed E-state index contributed by atoms with van der Waals surface area (Å²) in [5.41, 5.74) is 1.23.